The van der Waals surface area contributed by atoms with E-state index in [2.05, 4.69) is 80.6 Å². The zero-order valence-corrected chi connectivity index (χ0v) is 17.8. The molecule has 0 N–H and O–H groups in total. The fourth-order valence-electron chi connectivity index (χ4n) is 4.18. The van der Waals surface area contributed by atoms with Crippen LogP contribution in [0.5, 0.6) is 0 Å². The second-order valence-electron chi connectivity index (χ2n) is 8.29. The summed E-state index contributed by atoms with van der Waals surface area (Å²) in [4.78, 5) is 0. The first kappa shape index (κ1) is 20.6. The van der Waals surface area contributed by atoms with Crippen molar-refractivity contribution in [3.05, 3.63) is 82.9 Å². The molecule has 0 saturated heterocycles. The van der Waals surface area contributed by atoms with Gasteiger partial charge in [-0.05, 0) is 72.3 Å². The van der Waals surface area contributed by atoms with Crippen LogP contribution in [-0.2, 0) is 12.8 Å². The van der Waals surface area contributed by atoms with E-state index in [1.165, 1.54) is 60.8 Å². The summed E-state index contributed by atoms with van der Waals surface area (Å²) >= 11 is 0. The van der Waals surface area contributed by atoms with Crippen LogP contribution < -0.4 is 0 Å². The van der Waals surface area contributed by atoms with Crippen molar-refractivity contribution in [2.75, 3.05) is 0 Å². The van der Waals surface area contributed by atoms with E-state index in [1.807, 2.05) is 0 Å². The molecule has 0 spiro atoms. The van der Waals surface area contributed by atoms with Crippen molar-refractivity contribution in [2.24, 2.45) is 5.92 Å². The first-order chi connectivity index (χ1) is 13.8. The molecule has 0 amide bonds. The molecular weight excluding hydrogens is 336 g/mol. The fraction of sp³-hybridized carbons (Fsp3) is 0.429. The van der Waals surface area contributed by atoms with Gasteiger partial charge in [-0.25, -0.2) is 0 Å². The molecule has 2 aromatic rings. The van der Waals surface area contributed by atoms with Gasteiger partial charge in [0.2, 0.25) is 0 Å². The first-order valence-corrected chi connectivity index (χ1v) is 11.3. The minimum absolute atomic E-state index is 0.918. The Bertz CT molecular complexity index is 759. The molecule has 0 bridgehead atoms. The van der Waals surface area contributed by atoms with Gasteiger partial charge in [-0.15, -0.1) is 0 Å². The topological polar surface area (TPSA) is 0 Å². The number of aryl methyl sites for hydroxylation is 2. The van der Waals surface area contributed by atoms with Crippen LogP contribution in [0, 0.1) is 5.92 Å². The van der Waals surface area contributed by atoms with Crippen molar-refractivity contribution in [2.45, 2.75) is 71.6 Å². The molecule has 0 nitrogen and oxygen atoms in total. The third kappa shape index (κ3) is 6.23. The van der Waals surface area contributed by atoms with Gasteiger partial charge >= 0.3 is 0 Å². The summed E-state index contributed by atoms with van der Waals surface area (Å²) in [6.45, 7) is 4.52. The number of allylic oxidation sites excluding steroid dienone is 3. The van der Waals surface area contributed by atoms with Crippen molar-refractivity contribution in [3.8, 4) is 0 Å². The number of unbranched alkanes of at least 4 members (excludes halogenated alkanes) is 1. The predicted molar refractivity (Wildman–Crippen MR) is 124 cm³/mol. The van der Waals surface area contributed by atoms with E-state index in [0.717, 1.165) is 25.2 Å². The molecule has 0 radical (unpaired) electrons. The van der Waals surface area contributed by atoms with Gasteiger partial charge in [-0.2, -0.15) is 0 Å². The minimum Gasteiger partial charge on any atom is -0.0840 e. The second kappa shape index (κ2) is 11.1. The van der Waals surface area contributed by atoms with Crippen LogP contribution >= 0.6 is 0 Å². The Hall–Kier alpha value is -2.08. The molecule has 1 unspecified atom stereocenters. The highest BCUT2D eigenvalue weighted by molar-refractivity contribution is 5.66. The summed E-state index contributed by atoms with van der Waals surface area (Å²) in [5, 5.41) is 0. The third-order valence-corrected chi connectivity index (χ3v) is 5.99. The zero-order chi connectivity index (χ0) is 19.6. The van der Waals surface area contributed by atoms with Gasteiger partial charge in [0, 0.05) is 0 Å². The molecule has 1 aliphatic rings. The Kier molecular flexibility index (Phi) is 8.15. The van der Waals surface area contributed by atoms with E-state index in [4.69, 9.17) is 0 Å². The van der Waals surface area contributed by atoms with E-state index in [1.54, 1.807) is 5.57 Å². The second-order valence-corrected chi connectivity index (χ2v) is 8.29. The smallest absolute Gasteiger partial charge is 0.0228 e. The molecule has 0 aliphatic heterocycles. The highest BCUT2D eigenvalue weighted by atomic mass is 14.2. The van der Waals surface area contributed by atoms with Crippen molar-refractivity contribution in [1.29, 1.82) is 0 Å². The summed E-state index contributed by atoms with van der Waals surface area (Å²) in [6, 6.07) is 18.4. The lowest BCUT2D eigenvalue weighted by Crippen LogP contribution is -2.05. The Morgan fingerprint density at radius 2 is 1.54 bits per heavy atom. The van der Waals surface area contributed by atoms with Crippen molar-refractivity contribution in [1.82, 2.24) is 0 Å². The van der Waals surface area contributed by atoms with E-state index in [0.29, 0.717) is 0 Å². The van der Waals surface area contributed by atoms with Gasteiger partial charge < -0.3 is 0 Å². The maximum Gasteiger partial charge on any atom is -0.0228 e. The van der Waals surface area contributed by atoms with Crippen LogP contribution in [0.2, 0.25) is 0 Å². The molecule has 0 fully saturated rings. The van der Waals surface area contributed by atoms with Gasteiger partial charge in [0.15, 0.2) is 0 Å². The number of rotatable bonds is 9. The standard InChI is InChI=1S/C28H36/c1-3-5-6-8-24-9-11-25(12-10-24)13-14-26-17-21-28(22-18-26)27-19-15-23(7-4-2)16-20-27/h6,8-12,17-19,21-23H,3-5,7,13-16,20H2,1-2H3/b8-6+. The van der Waals surface area contributed by atoms with Crippen molar-refractivity contribution < 1.29 is 0 Å². The Morgan fingerprint density at radius 1 is 0.857 bits per heavy atom. The average Bonchev–Trinajstić information content (AvgIpc) is 2.75. The molecule has 1 atom stereocenters. The molecule has 2 aromatic carbocycles. The molecule has 0 aromatic heterocycles. The summed E-state index contributed by atoms with van der Waals surface area (Å²) in [7, 11) is 0. The molecule has 1 aliphatic carbocycles. The molecule has 28 heavy (non-hydrogen) atoms. The average molecular weight is 373 g/mol. The summed E-state index contributed by atoms with van der Waals surface area (Å²) in [5.74, 6) is 0.918. The quantitative estimate of drug-likeness (QED) is 0.415. The first-order valence-electron chi connectivity index (χ1n) is 11.3. The number of benzene rings is 2. The van der Waals surface area contributed by atoms with Crippen LogP contribution in [0.1, 0.15) is 81.0 Å². The van der Waals surface area contributed by atoms with Gasteiger partial charge in [0.05, 0.1) is 0 Å². The Balaban J connectivity index is 1.51. The van der Waals surface area contributed by atoms with Crippen LogP contribution in [0.15, 0.2) is 60.7 Å². The number of hydrogen-bond acceptors (Lipinski definition) is 0. The van der Waals surface area contributed by atoms with Gasteiger partial charge in [-0.1, -0.05) is 99.9 Å². The van der Waals surface area contributed by atoms with E-state index in [9.17, 15) is 0 Å². The Morgan fingerprint density at radius 3 is 2.11 bits per heavy atom. The van der Waals surface area contributed by atoms with Gasteiger partial charge in [0.1, 0.15) is 0 Å². The summed E-state index contributed by atoms with van der Waals surface area (Å²) < 4.78 is 0. The van der Waals surface area contributed by atoms with Crippen molar-refractivity contribution in [3.63, 3.8) is 0 Å². The predicted octanol–water partition coefficient (Wildman–Crippen LogP) is 8.27. The van der Waals surface area contributed by atoms with E-state index < -0.39 is 0 Å². The molecule has 0 heteroatoms. The van der Waals surface area contributed by atoms with Crippen LogP contribution in [-0.4, -0.2) is 0 Å². The van der Waals surface area contributed by atoms with Crippen molar-refractivity contribution >= 4 is 11.6 Å². The fourth-order valence-corrected chi connectivity index (χ4v) is 4.18. The molecule has 148 valence electrons. The highest BCUT2D eigenvalue weighted by Crippen LogP contribution is 2.32. The van der Waals surface area contributed by atoms with Gasteiger partial charge in [0.25, 0.3) is 0 Å². The Labute approximate surface area is 172 Å². The van der Waals surface area contributed by atoms with E-state index >= 15 is 0 Å². The van der Waals surface area contributed by atoms with Crippen LogP contribution in [0.25, 0.3) is 11.6 Å². The monoisotopic (exact) mass is 372 g/mol. The maximum absolute atomic E-state index is 2.50. The lowest BCUT2D eigenvalue weighted by atomic mass is 9.84. The molecule has 0 saturated carbocycles. The zero-order valence-electron chi connectivity index (χ0n) is 17.8. The minimum atomic E-state index is 0.918. The summed E-state index contributed by atoms with van der Waals surface area (Å²) in [5.41, 5.74) is 7.17. The normalized spacial score (nSPS) is 17.1. The van der Waals surface area contributed by atoms with Gasteiger partial charge in [-0.3, -0.25) is 0 Å². The molecular formula is C28H36. The maximum atomic E-state index is 2.50. The largest absolute Gasteiger partial charge is 0.0840 e. The highest BCUT2D eigenvalue weighted by Gasteiger charge is 2.14. The summed E-state index contributed by atoms with van der Waals surface area (Å²) in [6.07, 6.45) is 18.2. The molecule has 0 heterocycles. The lowest BCUT2D eigenvalue weighted by Gasteiger charge is -2.21. The molecule has 3 rings (SSSR count). The van der Waals surface area contributed by atoms with E-state index in [-0.39, 0.29) is 0 Å². The number of hydrogen-bond donors (Lipinski definition) is 0. The third-order valence-electron chi connectivity index (χ3n) is 5.99. The van der Waals surface area contributed by atoms with Crippen LogP contribution in [0.4, 0.5) is 0 Å². The SMILES string of the molecule is CCC/C=C/c1ccc(CCc2ccc(C3=CCC(CCC)CC3)cc2)cc1. The lowest BCUT2D eigenvalue weighted by molar-refractivity contribution is 0.445. The van der Waals surface area contributed by atoms with Crippen LogP contribution in [0.3, 0.4) is 0 Å².